The predicted molar refractivity (Wildman–Crippen MR) is 86.4 cm³/mol. The molecule has 3 heteroatoms. The van der Waals surface area contributed by atoms with Crippen molar-refractivity contribution in [2.24, 2.45) is 5.92 Å². The van der Waals surface area contributed by atoms with Gasteiger partial charge in [0.05, 0.1) is 0 Å². The fraction of sp³-hybridized carbons (Fsp3) is 0.667. The Labute approximate surface area is 128 Å². The molecule has 1 saturated heterocycles. The lowest BCUT2D eigenvalue weighted by molar-refractivity contribution is 0.248. The van der Waals surface area contributed by atoms with E-state index in [4.69, 9.17) is 0 Å². The summed E-state index contributed by atoms with van der Waals surface area (Å²) in [6.45, 7) is 3.40. The summed E-state index contributed by atoms with van der Waals surface area (Å²) in [6.07, 6.45) is 8.02. The van der Waals surface area contributed by atoms with E-state index in [-0.39, 0.29) is 0 Å². The third-order valence-electron chi connectivity index (χ3n) is 5.27. The maximum Gasteiger partial charge on any atom is 0.115 e. The van der Waals surface area contributed by atoms with E-state index in [1.807, 2.05) is 12.1 Å². The van der Waals surface area contributed by atoms with Gasteiger partial charge in [0.1, 0.15) is 5.75 Å². The monoisotopic (exact) mass is 288 g/mol. The van der Waals surface area contributed by atoms with E-state index in [0.29, 0.717) is 23.9 Å². The highest BCUT2D eigenvalue weighted by molar-refractivity contribution is 5.29. The fourth-order valence-corrected chi connectivity index (χ4v) is 4.13. The molecular formula is C18H28N2O. The lowest BCUT2D eigenvalue weighted by Crippen LogP contribution is -2.47. The number of hydrogen-bond acceptors (Lipinski definition) is 3. The largest absolute Gasteiger partial charge is 0.508 e. The summed E-state index contributed by atoms with van der Waals surface area (Å²) in [6, 6.07) is 9.25. The minimum atomic E-state index is 0.297. The number of phenols is 1. The molecule has 2 fully saturated rings. The van der Waals surface area contributed by atoms with Crippen molar-refractivity contribution in [2.45, 2.75) is 63.6 Å². The van der Waals surface area contributed by atoms with Crippen LogP contribution in [0, 0.1) is 5.92 Å². The Kier molecular flexibility index (Phi) is 4.81. The molecule has 1 saturated carbocycles. The van der Waals surface area contributed by atoms with Crippen LogP contribution in [0.2, 0.25) is 0 Å². The topological polar surface area (TPSA) is 44.3 Å². The maximum atomic E-state index is 9.64. The van der Waals surface area contributed by atoms with E-state index in [1.165, 1.54) is 50.6 Å². The standard InChI is InChI=1S/C18H28N2O/c1-13(14-6-4-7-15(21)12-14)20-18-10-5-8-16(18)17-9-2-3-11-19-17/h4,6-7,12-13,16-21H,2-3,5,8-11H2,1H3. The van der Waals surface area contributed by atoms with Crippen molar-refractivity contribution in [3.63, 3.8) is 0 Å². The van der Waals surface area contributed by atoms with Gasteiger partial charge >= 0.3 is 0 Å². The van der Waals surface area contributed by atoms with Gasteiger partial charge in [0.25, 0.3) is 0 Å². The highest BCUT2D eigenvalue weighted by Gasteiger charge is 2.34. The smallest absolute Gasteiger partial charge is 0.115 e. The van der Waals surface area contributed by atoms with Crippen LogP contribution in [0.4, 0.5) is 0 Å². The molecule has 4 unspecified atom stereocenters. The summed E-state index contributed by atoms with van der Waals surface area (Å²) in [7, 11) is 0. The Balaban J connectivity index is 1.62. The van der Waals surface area contributed by atoms with E-state index >= 15 is 0 Å². The molecule has 0 spiro atoms. The number of piperidine rings is 1. The lowest BCUT2D eigenvalue weighted by Gasteiger charge is -2.34. The summed E-state index contributed by atoms with van der Waals surface area (Å²) in [5.41, 5.74) is 1.18. The van der Waals surface area contributed by atoms with E-state index in [2.05, 4.69) is 23.6 Å². The van der Waals surface area contributed by atoms with Crippen molar-refractivity contribution in [1.29, 1.82) is 0 Å². The van der Waals surface area contributed by atoms with Crippen LogP contribution in [0.25, 0.3) is 0 Å². The van der Waals surface area contributed by atoms with Gasteiger partial charge in [-0.3, -0.25) is 0 Å². The Bertz CT molecular complexity index is 456. The van der Waals surface area contributed by atoms with Gasteiger partial charge in [-0.2, -0.15) is 0 Å². The first kappa shape index (κ1) is 14.9. The van der Waals surface area contributed by atoms with E-state index in [0.717, 1.165) is 5.92 Å². The molecule has 3 nitrogen and oxygen atoms in total. The highest BCUT2D eigenvalue weighted by atomic mass is 16.3. The summed E-state index contributed by atoms with van der Waals surface area (Å²) in [4.78, 5) is 0. The molecule has 21 heavy (non-hydrogen) atoms. The van der Waals surface area contributed by atoms with Crippen LogP contribution in [0.1, 0.15) is 57.1 Å². The summed E-state index contributed by atoms with van der Waals surface area (Å²) in [5.74, 6) is 1.13. The van der Waals surface area contributed by atoms with Crippen LogP contribution >= 0.6 is 0 Å². The Morgan fingerprint density at radius 2 is 2.10 bits per heavy atom. The predicted octanol–water partition coefficient (Wildman–Crippen LogP) is 3.35. The van der Waals surface area contributed by atoms with Gasteiger partial charge in [0.2, 0.25) is 0 Å². The number of benzene rings is 1. The Morgan fingerprint density at radius 1 is 1.19 bits per heavy atom. The number of rotatable bonds is 4. The zero-order valence-electron chi connectivity index (χ0n) is 13.0. The van der Waals surface area contributed by atoms with E-state index < -0.39 is 0 Å². The van der Waals surface area contributed by atoms with Crippen LogP contribution in [0.3, 0.4) is 0 Å². The van der Waals surface area contributed by atoms with Crippen molar-refractivity contribution in [1.82, 2.24) is 10.6 Å². The summed E-state index contributed by atoms with van der Waals surface area (Å²) in [5, 5.41) is 17.2. The number of nitrogens with one attached hydrogen (secondary N) is 2. The minimum absolute atomic E-state index is 0.297. The van der Waals surface area contributed by atoms with Crippen molar-refractivity contribution in [2.75, 3.05) is 6.54 Å². The third kappa shape index (κ3) is 3.58. The molecule has 1 heterocycles. The van der Waals surface area contributed by atoms with E-state index in [9.17, 15) is 5.11 Å². The normalized spacial score (nSPS) is 31.2. The van der Waals surface area contributed by atoms with Gasteiger partial charge in [0, 0.05) is 18.1 Å². The second kappa shape index (κ2) is 6.80. The highest BCUT2D eigenvalue weighted by Crippen LogP contribution is 2.33. The fourth-order valence-electron chi connectivity index (χ4n) is 4.13. The Hall–Kier alpha value is -1.06. The second-order valence-electron chi connectivity index (χ2n) is 6.74. The van der Waals surface area contributed by atoms with Crippen molar-refractivity contribution in [3.05, 3.63) is 29.8 Å². The SMILES string of the molecule is CC(NC1CCCC1C1CCCCN1)c1cccc(O)c1. The molecule has 0 aromatic heterocycles. The van der Waals surface area contributed by atoms with Gasteiger partial charge in [-0.25, -0.2) is 0 Å². The first-order valence-corrected chi connectivity index (χ1v) is 8.52. The summed E-state index contributed by atoms with van der Waals surface area (Å²) < 4.78 is 0. The van der Waals surface area contributed by atoms with Gasteiger partial charge in [-0.1, -0.05) is 25.0 Å². The van der Waals surface area contributed by atoms with Crippen molar-refractivity contribution in [3.8, 4) is 5.75 Å². The van der Waals surface area contributed by atoms with Gasteiger partial charge in [-0.15, -0.1) is 0 Å². The second-order valence-corrected chi connectivity index (χ2v) is 6.74. The van der Waals surface area contributed by atoms with Crippen LogP contribution in [0.5, 0.6) is 5.75 Å². The lowest BCUT2D eigenvalue weighted by atomic mass is 9.88. The molecule has 0 bridgehead atoms. The first-order valence-electron chi connectivity index (χ1n) is 8.52. The average Bonchev–Trinajstić information content (AvgIpc) is 2.96. The molecule has 1 aromatic rings. The molecule has 1 aliphatic carbocycles. The van der Waals surface area contributed by atoms with Crippen LogP contribution in [-0.2, 0) is 0 Å². The number of aromatic hydroxyl groups is 1. The number of hydrogen-bond donors (Lipinski definition) is 3. The Morgan fingerprint density at radius 3 is 2.86 bits per heavy atom. The number of phenolic OH excluding ortho intramolecular Hbond substituents is 1. The molecule has 116 valence electrons. The molecule has 1 aliphatic heterocycles. The molecule has 1 aromatic carbocycles. The van der Waals surface area contributed by atoms with Crippen LogP contribution in [-0.4, -0.2) is 23.7 Å². The van der Waals surface area contributed by atoms with Gasteiger partial charge in [0.15, 0.2) is 0 Å². The molecule has 0 amide bonds. The van der Waals surface area contributed by atoms with Gasteiger partial charge in [-0.05, 0) is 62.8 Å². The van der Waals surface area contributed by atoms with Crippen molar-refractivity contribution < 1.29 is 5.11 Å². The first-order chi connectivity index (χ1) is 10.2. The third-order valence-corrected chi connectivity index (χ3v) is 5.27. The minimum Gasteiger partial charge on any atom is -0.508 e. The molecule has 0 radical (unpaired) electrons. The molecule has 3 rings (SSSR count). The van der Waals surface area contributed by atoms with Gasteiger partial charge < -0.3 is 15.7 Å². The molecule has 4 atom stereocenters. The average molecular weight is 288 g/mol. The maximum absolute atomic E-state index is 9.64. The van der Waals surface area contributed by atoms with E-state index in [1.54, 1.807) is 6.07 Å². The zero-order chi connectivity index (χ0) is 14.7. The van der Waals surface area contributed by atoms with Crippen LogP contribution in [0.15, 0.2) is 24.3 Å². The van der Waals surface area contributed by atoms with Crippen LogP contribution < -0.4 is 10.6 Å². The molecule has 2 aliphatic rings. The molecule has 3 N–H and O–H groups in total. The molecular weight excluding hydrogens is 260 g/mol. The quantitative estimate of drug-likeness (QED) is 0.796. The summed E-state index contributed by atoms with van der Waals surface area (Å²) >= 11 is 0. The zero-order valence-corrected chi connectivity index (χ0v) is 13.0. The van der Waals surface area contributed by atoms with Crippen molar-refractivity contribution >= 4 is 0 Å².